The molecule has 0 aromatic heterocycles. The lowest BCUT2D eigenvalue weighted by atomic mass is 10.0. The van der Waals surface area contributed by atoms with E-state index in [0.29, 0.717) is 18.0 Å². The van der Waals surface area contributed by atoms with Crippen molar-refractivity contribution in [2.24, 2.45) is 5.73 Å². The lowest BCUT2D eigenvalue weighted by Crippen LogP contribution is -2.40. The van der Waals surface area contributed by atoms with Crippen LogP contribution in [0.1, 0.15) is 42.5 Å². The van der Waals surface area contributed by atoms with Gasteiger partial charge in [-0.25, -0.2) is 0 Å². The molecule has 6 heteroatoms. The molecule has 2 aromatic carbocycles. The third-order valence-corrected chi connectivity index (χ3v) is 5.17. The highest BCUT2D eigenvalue weighted by atomic mass is 35.5. The molecule has 0 radical (unpaired) electrons. The topological polar surface area (TPSA) is 75.8 Å². The first-order valence-corrected chi connectivity index (χ1v) is 10.8. The van der Waals surface area contributed by atoms with E-state index in [-0.39, 0.29) is 12.0 Å². The van der Waals surface area contributed by atoms with E-state index in [1.807, 2.05) is 18.2 Å². The minimum atomic E-state index is -0.754. The third kappa shape index (κ3) is 8.37. The molecule has 5 nitrogen and oxygen atoms in total. The smallest absolute Gasteiger partial charge is 0.303 e. The summed E-state index contributed by atoms with van der Waals surface area (Å²) >= 11 is 5.14. The second-order valence-electron chi connectivity index (χ2n) is 8.49. The third-order valence-electron chi connectivity index (χ3n) is 5.01. The number of carbonyl (C=O) groups is 1. The molecule has 0 aliphatic carbocycles. The first-order chi connectivity index (χ1) is 14.6. The Morgan fingerprint density at radius 1 is 1.29 bits per heavy atom. The molecule has 2 aromatic rings. The van der Waals surface area contributed by atoms with E-state index in [1.165, 1.54) is 16.7 Å². The van der Waals surface area contributed by atoms with Crippen molar-refractivity contribution in [3.05, 3.63) is 76.3 Å². The Bertz CT molecular complexity index is 911. The maximum atomic E-state index is 10.8. The summed E-state index contributed by atoms with van der Waals surface area (Å²) in [6.45, 7) is 12.6. The summed E-state index contributed by atoms with van der Waals surface area (Å²) in [5, 5.41) is 9.42. The summed E-state index contributed by atoms with van der Waals surface area (Å²) < 4.78 is 6.22. The Morgan fingerprint density at radius 2 is 1.97 bits per heavy atom. The van der Waals surface area contributed by atoms with E-state index in [2.05, 4.69) is 56.5 Å². The van der Waals surface area contributed by atoms with Crippen molar-refractivity contribution in [3.63, 3.8) is 0 Å². The van der Waals surface area contributed by atoms with Crippen LogP contribution in [0.4, 0.5) is 0 Å². The van der Waals surface area contributed by atoms with Crippen LogP contribution in [0.5, 0.6) is 5.75 Å². The summed E-state index contributed by atoms with van der Waals surface area (Å²) in [7, 11) is 0. The number of carboxylic acid groups (broad SMARTS) is 1. The van der Waals surface area contributed by atoms with Crippen LogP contribution in [0.25, 0.3) is 0 Å². The Morgan fingerprint density at radius 3 is 2.61 bits per heavy atom. The molecule has 168 valence electrons. The van der Waals surface area contributed by atoms with Crippen LogP contribution in [-0.4, -0.2) is 34.7 Å². The number of nitrogens with two attached hydrogens (primary N) is 1. The average Bonchev–Trinajstić information content (AvgIpc) is 2.82. The van der Waals surface area contributed by atoms with Crippen molar-refractivity contribution < 1.29 is 14.6 Å². The molecule has 0 saturated carbocycles. The Labute approximate surface area is 190 Å². The van der Waals surface area contributed by atoms with Crippen LogP contribution in [0.15, 0.2) is 54.1 Å². The second kappa shape index (κ2) is 11.3. The highest BCUT2D eigenvalue weighted by Crippen LogP contribution is 2.30. The van der Waals surface area contributed by atoms with Gasteiger partial charge in [0, 0.05) is 43.2 Å². The molecular weight excluding hydrogens is 412 g/mol. The minimum absolute atomic E-state index is 0.167. The summed E-state index contributed by atoms with van der Waals surface area (Å²) in [5.41, 5.74) is 9.46. The zero-order valence-corrected chi connectivity index (χ0v) is 19.4. The number of aryl methyl sites for hydroxylation is 2. The number of aliphatic carboxylic acids is 1. The number of rotatable bonds is 6. The van der Waals surface area contributed by atoms with Crippen LogP contribution in [0, 0.1) is 6.92 Å². The zero-order chi connectivity index (χ0) is 23.0. The van der Waals surface area contributed by atoms with Gasteiger partial charge in [0.2, 0.25) is 0 Å². The fourth-order valence-corrected chi connectivity index (χ4v) is 3.55. The maximum Gasteiger partial charge on any atom is 0.303 e. The first-order valence-electron chi connectivity index (χ1n) is 10.4. The molecule has 0 bridgehead atoms. The van der Waals surface area contributed by atoms with E-state index in [9.17, 15) is 4.79 Å². The normalized spacial score (nSPS) is 15.0. The van der Waals surface area contributed by atoms with Crippen LogP contribution in [0.3, 0.4) is 0 Å². The molecule has 31 heavy (non-hydrogen) atoms. The fourth-order valence-electron chi connectivity index (χ4n) is 3.55. The van der Waals surface area contributed by atoms with Crippen molar-refractivity contribution in [1.82, 2.24) is 4.90 Å². The summed E-state index contributed by atoms with van der Waals surface area (Å²) in [6, 6.07) is 14.5. The maximum absolute atomic E-state index is 10.8. The van der Waals surface area contributed by atoms with Gasteiger partial charge < -0.3 is 15.6 Å². The Kier molecular flexibility index (Phi) is 9.11. The molecule has 0 spiro atoms. The molecule has 0 saturated heterocycles. The number of hydrogen-bond donors (Lipinski definition) is 2. The monoisotopic (exact) mass is 444 g/mol. The first kappa shape index (κ1) is 24.9. The molecule has 0 atom stereocenters. The second-order valence-corrected chi connectivity index (χ2v) is 9.03. The van der Waals surface area contributed by atoms with E-state index in [1.54, 1.807) is 0 Å². The van der Waals surface area contributed by atoms with Gasteiger partial charge in [0.1, 0.15) is 11.4 Å². The van der Waals surface area contributed by atoms with Gasteiger partial charge in [-0.05, 0) is 49.9 Å². The number of ether oxygens (including phenoxy) is 1. The van der Waals surface area contributed by atoms with Gasteiger partial charge in [0.25, 0.3) is 0 Å². The van der Waals surface area contributed by atoms with Gasteiger partial charge >= 0.3 is 5.97 Å². The summed E-state index contributed by atoms with van der Waals surface area (Å²) in [4.78, 5) is 13.3. The molecule has 0 amide bonds. The molecule has 0 fully saturated rings. The SMILES string of the molecule is C=C(Cl)CN.Cc1ccc(CCC(=O)O)cc1CN1Cc2ccccc2OC(C)(C)C1. The average molecular weight is 445 g/mol. The Hall–Kier alpha value is -2.34. The number of fused-ring (bicyclic) bond motifs is 1. The molecular formula is C25H33ClN2O3. The van der Waals surface area contributed by atoms with Gasteiger partial charge in [-0.2, -0.15) is 0 Å². The van der Waals surface area contributed by atoms with Crippen LogP contribution >= 0.6 is 11.6 Å². The summed E-state index contributed by atoms with van der Waals surface area (Å²) in [6.07, 6.45) is 0.737. The van der Waals surface area contributed by atoms with Gasteiger partial charge in [-0.3, -0.25) is 9.69 Å². The summed E-state index contributed by atoms with van der Waals surface area (Å²) in [5.74, 6) is 0.210. The number of benzene rings is 2. The van der Waals surface area contributed by atoms with Crippen LogP contribution < -0.4 is 10.5 Å². The van der Waals surface area contributed by atoms with Crippen molar-refractivity contribution in [3.8, 4) is 5.75 Å². The highest BCUT2D eigenvalue weighted by molar-refractivity contribution is 6.29. The van der Waals surface area contributed by atoms with E-state index in [0.717, 1.165) is 30.9 Å². The molecule has 1 aliphatic heterocycles. The van der Waals surface area contributed by atoms with Crippen molar-refractivity contribution in [2.75, 3.05) is 13.1 Å². The molecule has 0 unspecified atom stereocenters. The highest BCUT2D eigenvalue weighted by Gasteiger charge is 2.29. The fraction of sp³-hybridized carbons (Fsp3) is 0.400. The van der Waals surface area contributed by atoms with Crippen LogP contribution in [0.2, 0.25) is 0 Å². The van der Waals surface area contributed by atoms with Crippen LogP contribution in [-0.2, 0) is 24.3 Å². The predicted octanol–water partition coefficient (Wildman–Crippen LogP) is 4.88. The number of carboxylic acids is 1. The van der Waals surface area contributed by atoms with E-state index >= 15 is 0 Å². The predicted molar refractivity (Wildman–Crippen MR) is 126 cm³/mol. The lowest BCUT2D eigenvalue weighted by Gasteiger charge is -2.30. The van der Waals surface area contributed by atoms with E-state index < -0.39 is 5.97 Å². The van der Waals surface area contributed by atoms with Gasteiger partial charge in [-0.1, -0.05) is 54.6 Å². The number of halogens is 1. The number of nitrogens with zero attached hydrogens (tertiary/aromatic N) is 1. The zero-order valence-electron chi connectivity index (χ0n) is 18.7. The number of hydrogen-bond acceptors (Lipinski definition) is 4. The standard InChI is InChI=1S/C22H27NO3.C3H6ClN/c1-16-8-9-17(10-11-21(24)25)12-19(16)14-23-13-18-6-4-5-7-20(18)26-22(2,3)15-23;1-3(4)2-5/h4-9,12H,10-11,13-15H2,1-3H3,(H,24,25);1-2,5H2. The molecule has 3 rings (SSSR count). The number of para-hydroxylation sites is 1. The van der Waals surface area contributed by atoms with E-state index in [4.69, 9.17) is 27.2 Å². The van der Waals surface area contributed by atoms with Gasteiger partial charge in [0.15, 0.2) is 0 Å². The quantitative estimate of drug-likeness (QED) is 0.663. The van der Waals surface area contributed by atoms with Crippen molar-refractivity contribution >= 4 is 17.6 Å². The van der Waals surface area contributed by atoms with Crippen molar-refractivity contribution in [2.45, 2.75) is 52.3 Å². The molecule has 3 N–H and O–H groups in total. The lowest BCUT2D eigenvalue weighted by molar-refractivity contribution is -0.136. The minimum Gasteiger partial charge on any atom is -0.486 e. The van der Waals surface area contributed by atoms with Crippen molar-refractivity contribution in [1.29, 1.82) is 0 Å². The van der Waals surface area contributed by atoms with Gasteiger partial charge in [0.05, 0.1) is 0 Å². The Balaban J connectivity index is 0.000000614. The largest absolute Gasteiger partial charge is 0.486 e. The molecule has 1 heterocycles. The molecule has 1 aliphatic rings. The van der Waals surface area contributed by atoms with Gasteiger partial charge in [-0.15, -0.1) is 0 Å².